The summed E-state index contributed by atoms with van der Waals surface area (Å²) in [6, 6.07) is 9.49. The van der Waals surface area contributed by atoms with Crippen LogP contribution in [0.2, 0.25) is 0 Å². The number of benzene rings is 1. The quantitative estimate of drug-likeness (QED) is 0.329. The summed E-state index contributed by atoms with van der Waals surface area (Å²) in [4.78, 5) is 7.64. The van der Waals surface area contributed by atoms with Gasteiger partial charge in [-0.05, 0) is 18.6 Å². The molecule has 1 atom stereocenters. The zero-order chi connectivity index (χ0) is 19.0. The number of para-hydroxylation sites is 1. The van der Waals surface area contributed by atoms with Gasteiger partial charge in [-0.25, -0.2) is 4.98 Å². The molecule has 0 radical (unpaired) electrons. The Morgan fingerprint density at radius 1 is 1.26 bits per heavy atom. The van der Waals surface area contributed by atoms with Crippen molar-refractivity contribution in [3.05, 3.63) is 46.4 Å². The minimum atomic E-state index is -4.42. The molecule has 1 unspecified atom stereocenters. The van der Waals surface area contributed by atoms with Gasteiger partial charge in [0.15, 0.2) is 11.7 Å². The van der Waals surface area contributed by atoms with Crippen molar-refractivity contribution in [3.63, 3.8) is 0 Å². The highest BCUT2D eigenvalue weighted by atomic mass is 127. The van der Waals surface area contributed by atoms with E-state index in [1.807, 2.05) is 37.3 Å². The topological polar surface area (TPSA) is 58.5 Å². The molecule has 10 heteroatoms. The Morgan fingerprint density at radius 2 is 1.96 bits per heavy atom. The first kappa shape index (κ1) is 23.5. The zero-order valence-corrected chi connectivity index (χ0v) is 18.1. The Kier molecular flexibility index (Phi) is 9.84. The van der Waals surface area contributed by atoms with Crippen LogP contribution >= 0.6 is 35.3 Å². The Balaban J connectivity index is 0.00000364. The molecule has 0 spiro atoms. The van der Waals surface area contributed by atoms with Gasteiger partial charge in [-0.1, -0.05) is 25.1 Å². The van der Waals surface area contributed by atoms with E-state index in [-0.39, 0.29) is 36.6 Å². The van der Waals surface area contributed by atoms with Gasteiger partial charge in [0.05, 0.1) is 13.1 Å². The van der Waals surface area contributed by atoms with Gasteiger partial charge < -0.3 is 15.4 Å². The second-order valence-corrected chi connectivity index (χ2v) is 6.33. The first-order valence-electron chi connectivity index (χ1n) is 8.10. The van der Waals surface area contributed by atoms with E-state index in [4.69, 9.17) is 4.74 Å². The molecule has 0 aliphatic heterocycles. The summed E-state index contributed by atoms with van der Waals surface area (Å²) in [7, 11) is 1.59. The van der Waals surface area contributed by atoms with Gasteiger partial charge >= 0.3 is 6.18 Å². The van der Waals surface area contributed by atoms with Crippen LogP contribution in [0.15, 0.2) is 40.7 Å². The second-order valence-electron chi connectivity index (χ2n) is 5.39. The zero-order valence-electron chi connectivity index (χ0n) is 14.9. The van der Waals surface area contributed by atoms with Gasteiger partial charge in [0, 0.05) is 12.4 Å². The van der Waals surface area contributed by atoms with Crippen LogP contribution < -0.4 is 15.4 Å². The third kappa shape index (κ3) is 7.91. The number of alkyl halides is 3. The molecule has 0 aliphatic rings. The van der Waals surface area contributed by atoms with Gasteiger partial charge in [0.2, 0.25) is 0 Å². The van der Waals surface area contributed by atoms with E-state index < -0.39 is 11.9 Å². The fourth-order valence-electron chi connectivity index (χ4n) is 2.07. The molecule has 27 heavy (non-hydrogen) atoms. The fraction of sp³-hybridized carbons (Fsp3) is 0.412. The van der Waals surface area contributed by atoms with Gasteiger partial charge in [-0.2, -0.15) is 13.2 Å². The summed E-state index contributed by atoms with van der Waals surface area (Å²) in [5, 5.41) is 7.42. The maximum atomic E-state index is 12.6. The lowest BCUT2D eigenvalue weighted by molar-refractivity contribution is -0.140. The normalized spacial score (nSPS) is 12.9. The fourth-order valence-corrected chi connectivity index (χ4v) is 2.81. The van der Waals surface area contributed by atoms with Gasteiger partial charge in [0.1, 0.15) is 16.9 Å². The van der Waals surface area contributed by atoms with Crippen molar-refractivity contribution < 1.29 is 17.9 Å². The summed E-state index contributed by atoms with van der Waals surface area (Å²) >= 11 is 0.958. The molecule has 2 N–H and O–H groups in total. The number of guanidine groups is 1. The average molecular weight is 514 g/mol. The monoisotopic (exact) mass is 514 g/mol. The minimum Gasteiger partial charge on any atom is -0.489 e. The lowest BCUT2D eigenvalue weighted by Crippen LogP contribution is -2.42. The van der Waals surface area contributed by atoms with Crippen LogP contribution in [-0.4, -0.2) is 30.6 Å². The number of hydrogen-bond donors (Lipinski definition) is 2. The summed E-state index contributed by atoms with van der Waals surface area (Å²) in [6.07, 6.45) is -3.69. The van der Waals surface area contributed by atoms with E-state index >= 15 is 0 Å². The lowest BCUT2D eigenvalue weighted by Gasteiger charge is -2.19. The molecule has 0 fully saturated rings. The predicted molar refractivity (Wildman–Crippen MR) is 112 cm³/mol. The van der Waals surface area contributed by atoms with Crippen LogP contribution in [0.3, 0.4) is 0 Å². The number of nitrogens with zero attached hydrogens (tertiary/aromatic N) is 2. The molecule has 1 aromatic carbocycles. The Labute approximate surface area is 177 Å². The molecular weight excluding hydrogens is 492 g/mol. The number of halogens is 4. The number of aliphatic imine (C=N–C) groups is 1. The highest BCUT2D eigenvalue weighted by Gasteiger charge is 2.33. The number of ether oxygens (including phenoxy) is 1. The van der Waals surface area contributed by atoms with Crippen molar-refractivity contribution in [2.75, 3.05) is 13.6 Å². The summed E-state index contributed by atoms with van der Waals surface area (Å²) in [5.74, 6) is 1.26. The molecule has 0 amide bonds. The molecular formula is C17H22F3IN4OS. The third-order valence-corrected chi connectivity index (χ3v) is 4.32. The first-order valence-corrected chi connectivity index (χ1v) is 8.98. The minimum absolute atomic E-state index is 0. The van der Waals surface area contributed by atoms with Crippen LogP contribution in [0.25, 0.3) is 0 Å². The molecule has 2 aromatic rings. The van der Waals surface area contributed by atoms with E-state index in [1.165, 1.54) is 0 Å². The van der Waals surface area contributed by atoms with Crippen LogP contribution in [0, 0.1) is 0 Å². The summed E-state index contributed by atoms with van der Waals surface area (Å²) in [6.45, 7) is 2.69. The molecule has 0 bridgehead atoms. The molecule has 150 valence electrons. The van der Waals surface area contributed by atoms with Gasteiger partial charge in [-0.3, -0.25) is 4.99 Å². The van der Waals surface area contributed by atoms with Crippen molar-refractivity contribution in [2.24, 2.45) is 4.99 Å². The number of rotatable bonds is 7. The molecule has 5 nitrogen and oxygen atoms in total. The highest BCUT2D eigenvalue weighted by Crippen LogP contribution is 2.29. The second kappa shape index (κ2) is 11.3. The molecule has 0 saturated heterocycles. The lowest BCUT2D eigenvalue weighted by atomic mass is 10.2. The smallest absolute Gasteiger partial charge is 0.434 e. The molecule has 0 saturated carbocycles. The van der Waals surface area contributed by atoms with Crippen LogP contribution in [-0.2, 0) is 12.7 Å². The Hall–Kier alpha value is -1.56. The van der Waals surface area contributed by atoms with Crippen LogP contribution in [0.1, 0.15) is 24.0 Å². The van der Waals surface area contributed by atoms with Crippen molar-refractivity contribution in [1.82, 2.24) is 15.6 Å². The average Bonchev–Trinajstić information content (AvgIpc) is 3.11. The van der Waals surface area contributed by atoms with E-state index in [0.29, 0.717) is 17.5 Å². The van der Waals surface area contributed by atoms with E-state index in [9.17, 15) is 13.2 Å². The summed E-state index contributed by atoms with van der Waals surface area (Å²) < 4.78 is 43.6. The van der Waals surface area contributed by atoms with Crippen molar-refractivity contribution in [3.8, 4) is 5.75 Å². The molecule has 1 heterocycles. The number of nitrogens with one attached hydrogen (secondary N) is 2. The third-order valence-electron chi connectivity index (χ3n) is 3.47. The van der Waals surface area contributed by atoms with E-state index in [1.54, 1.807) is 7.05 Å². The summed E-state index contributed by atoms with van der Waals surface area (Å²) in [5.41, 5.74) is -0.871. The molecule has 0 aliphatic carbocycles. The molecule has 2 rings (SSSR count). The Morgan fingerprint density at radius 3 is 2.52 bits per heavy atom. The highest BCUT2D eigenvalue weighted by molar-refractivity contribution is 14.0. The SMILES string of the molecule is CCC(CNC(=NC)NCc1nc(C(F)(F)F)cs1)Oc1ccccc1.I. The number of hydrogen-bond acceptors (Lipinski definition) is 4. The van der Waals surface area contributed by atoms with E-state index in [0.717, 1.165) is 28.9 Å². The standard InChI is InChI=1S/C17H21F3N4OS.HI/c1-3-12(25-13-7-5-4-6-8-13)9-22-16(21-2)23-10-15-24-14(11-26-15)17(18,19)20;/h4-8,11-12H,3,9-10H2,1-2H3,(H2,21,22,23);1H. The predicted octanol–water partition coefficient (Wildman–Crippen LogP) is 4.30. The number of aromatic nitrogens is 1. The maximum absolute atomic E-state index is 12.6. The molecule has 1 aromatic heterocycles. The van der Waals surface area contributed by atoms with Crippen LogP contribution in [0.4, 0.5) is 13.2 Å². The maximum Gasteiger partial charge on any atom is 0.434 e. The van der Waals surface area contributed by atoms with Crippen molar-refractivity contribution >= 4 is 41.3 Å². The van der Waals surface area contributed by atoms with Gasteiger partial charge in [0.25, 0.3) is 0 Å². The van der Waals surface area contributed by atoms with E-state index in [2.05, 4.69) is 20.6 Å². The van der Waals surface area contributed by atoms with Gasteiger partial charge in [-0.15, -0.1) is 35.3 Å². The first-order chi connectivity index (χ1) is 12.4. The Bertz CT molecular complexity index is 710. The van der Waals surface area contributed by atoms with Crippen molar-refractivity contribution in [2.45, 2.75) is 32.2 Å². The van der Waals surface area contributed by atoms with Crippen molar-refractivity contribution in [1.29, 1.82) is 0 Å². The van der Waals surface area contributed by atoms with Crippen LogP contribution in [0.5, 0.6) is 5.75 Å². The number of thiazole rings is 1. The largest absolute Gasteiger partial charge is 0.489 e.